The van der Waals surface area contributed by atoms with E-state index in [-0.39, 0.29) is 17.0 Å². The number of halogens is 1. The van der Waals surface area contributed by atoms with Crippen LogP contribution in [0.1, 0.15) is 18.1 Å². The van der Waals surface area contributed by atoms with E-state index in [1.54, 1.807) is 19.1 Å². The maximum absolute atomic E-state index is 13.5. The Labute approximate surface area is 140 Å². The molecule has 0 aliphatic heterocycles. The summed E-state index contributed by atoms with van der Waals surface area (Å²) in [7, 11) is 0. The van der Waals surface area contributed by atoms with E-state index >= 15 is 0 Å². The molecule has 0 fully saturated rings. The molecule has 2 aromatic rings. The fraction of sp³-hybridized carbons (Fsp3) is 0.211. The van der Waals surface area contributed by atoms with Crippen molar-refractivity contribution in [2.45, 2.75) is 19.1 Å². The van der Waals surface area contributed by atoms with E-state index < -0.39 is 0 Å². The summed E-state index contributed by atoms with van der Waals surface area (Å²) in [4.78, 5) is 12.1. The van der Waals surface area contributed by atoms with Crippen molar-refractivity contribution in [1.29, 1.82) is 0 Å². The van der Waals surface area contributed by atoms with Crippen LogP contribution in [0.2, 0.25) is 0 Å². The van der Waals surface area contributed by atoms with Crippen molar-refractivity contribution in [2.75, 3.05) is 11.1 Å². The molecule has 1 amide bonds. The lowest BCUT2D eigenvalue weighted by Crippen LogP contribution is -2.22. The van der Waals surface area contributed by atoms with Gasteiger partial charge < -0.3 is 5.32 Å². The molecule has 2 aromatic carbocycles. The van der Waals surface area contributed by atoms with Crippen molar-refractivity contribution in [3.05, 3.63) is 71.6 Å². The molecule has 0 aliphatic carbocycles. The zero-order valence-corrected chi connectivity index (χ0v) is 14.1. The van der Waals surface area contributed by atoms with E-state index in [4.69, 9.17) is 0 Å². The number of anilines is 1. The summed E-state index contributed by atoms with van der Waals surface area (Å²) in [6.07, 6.45) is 4.07. The Morgan fingerprint density at radius 1 is 1.26 bits per heavy atom. The van der Waals surface area contributed by atoms with Crippen LogP contribution in [0.25, 0.3) is 6.08 Å². The zero-order valence-electron chi connectivity index (χ0n) is 13.3. The van der Waals surface area contributed by atoms with Gasteiger partial charge in [0.05, 0.1) is 5.25 Å². The van der Waals surface area contributed by atoms with Crippen LogP contribution in [0.4, 0.5) is 10.1 Å². The van der Waals surface area contributed by atoms with Gasteiger partial charge in [0.2, 0.25) is 5.91 Å². The number of rotatable bonds is 6. The van der Waals surface area contributed by atoms with Gasteiger partial charge in [-0.15, -0.1) is 11.8 Å². The molecule has 0 spiro atoms. The van der Waals surface area contributed by atoms with Gasteiger partial charge in [0, 0.05) is 11.4 Å². The van der Waals surface area contributed by atoms with Gasteiger partial charge in [-0.3, -0.25) is 4.79 Å². The van der Waals surface area contributed by atoms with Crippen molar-refractivity contribution in [3.8, 4) is 0 Å². The van der Waals surface area contributed by atoms with Gasteiger partial charge in [0.25, 0.3) is 0 Å². The SMILES string of the molecule is Cc1ccc(NC(=O)[C@@H](C)SC/C=C/c2ccccc2)cc1F. The summed E-state index contributed by atoms with van der Waals surface area (Å²) in [6, 6.07) is 14.7. The first-order valence-corrected chi connectivity index (χ1v) is 8.51. The monoisotopic (exact) mass is 329 g/mol. The Bertz CT molecular complexity index is 685. The maximum atomic E-state index is 13.5. The fourth-order valence-electron chi connectivity index (χ4n) is 1.94. The van der Waals surface area contributed by atoms with E-state index in [9.17, 15) is 9.18 Å². The van der Waals surface area contributed by atoms with Gasteiger partial charge in [-0.1, -0.05) is 48.6 Å². The quantitative estimate of drug-likeness (QED) is 0.816. The molecule has 1 atom stereocenters. The van der Waals surface area contributed by atoms with Crippen LogP contribution in [0.15, 0.2) is 54.6 Å². The Morgan fingerprint density at radius 3 is 2.70 bits per heavy atom. The van der Waals surface area contributed by atoms with Crippen molar-refractivity contribution < 1.29 is 9.18 Å². The molecule has 23 heavy (non-hydrogen) atoms. The highest BCUT2D eigenvalue weighted by atomic mass is 32.2. The third-order valence-corrected chi connectivity index (χ3v) is 4.46. The molecular formula is C19H20FNOS. The number of hydrogen-bond acceptors (Lipinski definition) is 2. The van der Waals surface area contributed by atoms with E-state index in [1.807, 2.05) is 49.4 Å². The fourth-order valence-corrected chi connectivity index (χ4v) is 2.64. The standard InChI is InChI=1S/C19H20FNOS/c1-14-10-11-17(13-18(14)20)21-19(22)15(2)23-12-6-9-16-7-4-3-5-8-16/h3-11,13,15H,12H2,1-2H3,(H,21,22)/b9-6+/t15-/m1/s1. The third-order valence-electron chi connectivity index (χ3n) is 3.36. The van der Waals surface area contributed by atoms with Gasteiger partial charge in [-0.05, 0) is 37.1 Å². The van der Waals surface area contributed by atoms with Crippen LogP contribution in [-0.4, -0.2) is 16.9 Å². The molecule has 0 saturated heterocycles. The summed E-state index contributed by atoms with van der Waals surface area (Å²) in [5.74, 6) is 0.311. The molecule has 0 bridgehead atoms. The lowest BCUT2D eigenvalue weighted by Gasteiger charge is -2.11. The molecule has 120 valence electrons. The van der Waals surface area contributed by atoms with Crippen LogP contribution in [-0.2, 0) is 4.79 Å². The molecule has 0 radical (unpaired) electrons. The van der Waals surface area contributed by atoms with Gasteiger partial charge in [0.15, 0.2) is 0 Å². The normalized spacial score (nSPS) is 12.3. The Balaban J connectivity index is 1.80. The summed E-state index contributed by atoms with van der Waals surface area (Å²) in [5, 5.41) is 2.54. The van der Waals surface area contributed by atoms with Crippen LogP contribution in [0, 0.1) is 12.7 Å². The Hall–Kier alpha value is -2.07. The highest BCUT2D eigenvalue weighted by Gasteiger charge is 2.13. The van der Waals surface area contributed by atoms with Crippen LogP contribution < -0.4 is 5.32 Å². The van der Waals surface area contributed by atoms with E-state index in [0.717, 1.165) is 11.3 Å². The molecule has 0 unspecified atom stereocenters. The highest BCUT2D eigenvalue weighted by Crippen LogP contribution is 2.17. The Morgan fingerprint density at radius 2 is 2.00 bits per heavy atom. The van der Waals surface area contributed by atoms with Gasteiger partial charge in [0.1, 0.15) is 5.82 Å². The lowest BCUT2D eigenvalue weighted by atomic mass is 10.2. The lowest BCUT2D eigenvalue weighted by molar-refractivity contribution is -0.115. The first-order chi connectivity index (χ1) is 11.1. The van der Waals surface area contributed by atoms with Crippen molar-refractivity contribution in [1.82, 2.24) is 0 Å². The summed E-state index contributed by atoms with van der Waals surface area (Å²) >= 11 is 1.54. The molecule has 0 aliphatic rings. The number of carbonyl (C=O) groups excluding carboxylic acids is 1. The highest BCUT2D eigenvalue weighted by molar-refractivity contribution is 8.00. The second kappa shape index (κ2) is 8.53. The van der Waals surface area contributed by atoms with Crippen molar-refractivity contribution >= 4 is 29.4 Å². The van der Waals surface area contributed by atoms with Gasteiger partial charge in [-0.2, -0.15) is 0 Å². The number of thioether (sulfide) groups is 1. The molecular weight excluding hydrogens is 309 g/mol. The summed E-state index contributed by atoms with van der Waals surface area (Å²) < 4.78 is 13.5. The number of hydrogen-bond donors (Lipinski definition) is 1. The summed E-state index contributed by atoms with van der Waals surface area (Å²) in [5.41, 5.74) is 2.20. The topological polar surface area (TPSA) is 29.1 Å². The number of benzene rings is 2. The predicted octanol–water partition coefficient (Wildman–Crippen LogP) is 4.91. The number of aryl methyl sites for hydroxylation is 1. The molecule has 0 heterocycles. The van der Waals surface area contributed by atoms with E-state index in [2.05, 4.69) is 5.32 Å². The molecule has 2 nitrogen and oxygen atoms in total. The minimum absolute atomic E-state index is 0.119. The van der Waals surface area contributed by atoms with Gasteiger partial charge >= 0.3 is 0 Å². The van der Waals surface area contributed by atoms with E-state index in [0.29, 0.717) is 11.3 Å². The molecule has 1 N–H and O–H groups in total. The van der Waals surface area contributed by atoms with Gasteiger partial charge in [-0.25, -0.2) is 4.39 Å². The van der Waals surface area contributed by atoms with Crippen LogP contribution in [0.3, 0.4) is 0 Å². The first-order valence-electron chi connectivity index (χ1n) is 7.46. The predicted molar refractivity (Wildman–Crippen MR) is 97.2 cm³/mol. The molecule has 0 aromatic heterocycles. The molecule has 4 heteroatoms. The number of carbonyl (C=O) groups is 1. The number of nitrogens with one attached hydrogen (secondary N) is 1. The summed E-state index contributed by atoms with van der Waals surface area (Å²) in [6.45, 7) is 3.54. The third kappa shape index (κ3) is 5.57. The second-order valence-corrected chi connectivity index (χ2v) is 6.62. The Kier molecular flexibility index (Phi) is 6.41. The zero-order chi connectivity index (χ0) is 16.7. The smallest absolute Gasteiger partial charge is 0.237 e. The average molecular weight is 329 g/mol. The second-order valence-electron chi connectivity index (χ2n) is 5.24. The average Bonchev–Trinajstić information content (AvgIpc) is 2.55. The largest absolute Gasteiger partial charge is 0.325 e. The van der Waals surface area contributed by atoms with Crippen LogP contribution >= 0.6 is 11.8 Å². The molecule has 2 rings (SSSR count). The van der Waals surface area contributed by atoms with Crippen molar-refractivity contribution in [2.24, 2.45) is 0 Å². The first kappa shape index (κ1) is 17.3. The number of amides is 1. The minimum atomic E-state index is -0.311. The minimum Gasteiger partial charge on any atom is -0.325 e. The van der Waals surface area contributed by atoms with Crippen molar-refractivity contribution in [3.63, 3.8) is 0 Å². The van der Waals surface area contributed by atoms with Crippen LogP contribution in [0.5, 0.6) is 0 Å². The maximum Gasteiger partial charge on any atom is 0.237 e. The van der Waals surface area contributed by atoms with E-state index in [1.165, 1.54) is 17.8 Å². The molecule has 0 saturated carbocycles.